The molecule has 1 fully saturated rings. The minimum atomic E-state index is -1.04. The number of hydrogen-bond donors (Lipinski definition) is 1. The third kappa shape index (κ3) is 43.0. The fraction of sp³-hybridized carbons (Fsp3) is 0.637. The van der Waals surface area contributed by atoms with Crippen LogP contribution in [-0.4, -0.2) is 107 Å². The number of ether oxygens (including phenoxy) is 10. The van der Waals surface area contributed by atoms with Crippen LogP contribution in [0.15, 0.2) is 170 Å². The molecular formula is C102H156N2O11. The summed E-state index contributed by atoms with van der Waals surface area (Å²) in [5.41, 5.74) is 6.00. The third-order valence-corrected chi connectivity index (χ3v) is 23.0. The first-order chi connectivity index (χ1) is 56.9. The molecule has 115 heavy (non-hydrogen) atoms. The number of nitrogens with one attached hydrogen (secondary N) is 1. The predicted octanol–water partition coefficient (Wildman–Crippen LogP) is 25.7. The molecule has 7 rings (SSSR count). The molecule has 1 N–H and O–H groups in total. The topological polar surface area (TPSA) is 125 Å². The molecule has 1 aliphatic heterocycles. The van der Waals surface area contributed by atoms with Gasteiger partial charge in [0.05, 0.1) is 79.2 Å². The van der Waals surface area contributed by atoms with Gasteiger partial charge in [0.1, 0.15) is 42.0 Å². The molecule has 0 saturated carbocycles. The Hall–Kier alpha value is -5.97. The molecule has 13 nitrogen and oxygen atoms in total. The van der Waals surface area contributed by atoms with Crippen LogP contribution >= 0.6 is 0 Å². The summed E-state index contributed by atoms with van der Waals surface area (Å²) in [5, 5.41) is 3.61. The van der Waals surface area contributed by atoms with Crippen molar-refractivity contribution in [3.05, 3.63) is 203 Å². The number of nitrogens with zero attached hydrogens (tertiary/aromatic N) is 1. The summed E-state index contributed by atoms with van der Waals surface area (Å²) in [7, 11) is 3.38. The molecule has 640 valence electrons. The van der Waals surface area contributed by atoms with Crippen LogP contribution in [0.3, 0.4) is 0 Å². The van der Waals surface area contributed by atoms with Gasteiger partial charge in [-0.3, -0.25) is 4.79 Å². The Kier molecular flexibility index (Phi) is 53.5. The number of benzene rings is 6. The van der Waals surface area contributed by atoms with Crippen molar-refractivity contribution < 1.29 is 52.2 Å². The van der Waals surface area contributed by atoms with Gasteiger partial charge in [-0.2, -0.15) is 0 Å². The van der Waals surface area contributed by atoms with Gasteiger partial charge in [-0.05, 0) is 109 Å². The number of unbranched alkanes of at least 4 members (excludes halogenated alkanes) is 35. The Bertz CT molecular complexity index is 3180. The summed E-state index contributed by atoms with van der Waals surface area (Å²) in [6, 6.07) is 56.2. The van der Waals surface area contributed by atoms with E-state index in [0.29, 0.717) is 32.7 Å². The second-order valence-corrected chi connectivity index (χ2v) is 32.8. The van der Waals surface area contributed by atoms with E-state index < -0.39 is 49.0 Å². The number of carbonyl (C=O) groups is 1. The van der Waals surface area contributed by atoms with Crippen molar-refractivity contribution in [3.63, 3.8) is 0 Å². The average molecular weight is 1590 g/mol. The number of rotatable bonds is 72. The molecule has 0 aliphatic carbocycles. The largest absolute Gasteiger partial charge is 0.497 e. The zero-order chi connectivity index (χ0) is 80.7. The molecule has 1 amide bonds. The highest BCUT2D eigenvalue weighted by Gasteiger charge is 2.50. The second-order valence-electron chi connectivity index (χ2n) is 32.8. The SMILES string of the molecule is CCCCCCCCCCCCCC[C@@H](OCc1ccc(OC)cc1)[C@@H](OCc1ccc(OC)cc1)[C@H](CO[C@H]1O[C@H](COCc2ccccc2)[C@H](OCc2ccccc2)[C@H](OCc2ccccc2)[C@H]1OCc1ccccc1)NC(=O)CCCCCCCCCN(CCCCCCCCCCCC)CCCCCCCCCCCC. The van der Waals surface area contributed by atoms with Gasteiger partial charge in [0.2, 0.25) is 5.91 Å². The van der Waals surface area contributed by atoms with E-state index in [4.69, 9.17) is 47.4 Å². The normalized spacial score (nSPS) is 16.4. The molecule has 6 aromatic carbocycles. The number of methoxy groups -OCH3 is 2. The lowest BCUT2D eigenvalue weighted by molar-refractivity contribution is -0.330. The fourth-order valence-electron chi connectivity index (χ4n) is 15.9. The Balaban J connectivity index is 1.13. The lowest BCUT2D eigenvalue weighted by Crippen LogP contribution is -2.62. The minimum absolute atomic E-state index is 0.00972. The maximum Gasteiger partial charge on any atom is 0.220 e. The van der Waals surface area contributed by atoms with Crippen LogP contribution < -0.4 is 14.8 Å². The van der Waals surface area contributed by atoms with Gasteiger partial charge in [0.15, 0.2) is 6.29 Å². The molecule has 0 aromatic heterocycles. The van der Waals surface area contributed by atoms with Crippen molar-refractivity contribution in [3.8, 4) is 11.5 Å². The molecule has 13 heteroatoms. The second kappa shape index (κ2) is 64.0. The summed E-state index contributed by atoms with van der Waals surface area (Å²) in [6.45, 7) is 12.5. The quantitative estimate of drug-likeness (QED) is 0.0366. The van der Waals surface area contributed by atoms with E-state index in [9.17, 15) is 0 Å². The van der Waals surface area contributed by atoms with E-state index in [2.05, 4.69) is 91.7 Å². The van der Waals surface area contributed by atoms with Crippen molar-refractivity contribution in [2.75, 3.05) is 47.1 Å². The molecule has 6 aromatic rings. The van der Waals surface area contributed by atoms with Gasteiger partial charge in [-0.25, -0.2) is 0 Å². The van der Waals surface area contributed by atoms with E-state index in [1.165, 1.54) is 232 Å². The van der Waals surface area contributed by atoms with Crippen molar-refractivity contribution in [1.29, 1.82) is 0 Å². The van der Waals surface area contributed by atoms with Crippen molar-refractivity contribution in [2.45, 2.75) is 373 Å². The summed E-state index contributed by atoms with van der Waals surface area (Å²) in [4.78, 5) is 18.0. The molecule has 1 heterocycles. The maximum absolute atomic E-state index is 15.2. The Morgan fingerprint density at radius 3 is 1.10 bits per heavy atom. The van der Waals surface area contributed by atoms with Crippen LogP contribution in [0.4, 0.5) is 0 Å². The average Bonchev–Trinajstić information content (AvgIpc) is 0.786. The van der Waals surface area contributed by atoms with E-state index >= 15 is 4.79 Å². The molecule has 0 radical (unpaired) electrons. The zero-order valence-electron chi connectivity index (χ0n) is 72.5. The first-order valence-electron chi connectivity index (χ1n) is 46.2. The van der Waals surface area contributed by atoms with Crippen LogP contribution in [0.2, 0.25) is 0 Å². The molecule has 8 atom stereocenters. The van der Waals surface area contributed by atoms with Crippen LogP contribution in [0.5, 0.6) is 11.5 Å². The summed E-state index contributed by atoms with van der Waals surface area (Å²) < 4.78 is 68.9. The number of hydrogen-bond acceptors (Lipinski definition) is 12. The zero-order valence-corrected chi connectivity index (χ0v) is 72.5. The van der Waals surface area contributed by atoms with Crippen LogP contribution in [-0.2, 0) is 82.3 Å². The Labute approximate surface area is 698 Å². The van der Waals surface area contributed by atoms with Gasteiger partial charge in [0.25, 0.3) is 0 Å². The van der Waals surface area contributed by atoms with Gasteiger partial charge in [-0.1, -0.05) is 391 Å². The van der Waals surface area contributed by atoms with Crippen molar-refractivity contribution in [2.24, 2.45) is 0 Å². The van der Waals surface area contributed by atoms with Crippen molar-refractivity contribution >= 4 is 5.91 Å². The molecule has 0 bridgehead atoms. The standard InChI is InChI=1S/C102H156N2O11/c1-6-9-12-15-18-21-24-25-26-30-35-52-65-95(109-79-90-67-71-92(106-4)72-68-90)98(110-83-91-69-73-93(107-5)74-70-91)94(103-97(105)66-53-36-31-29-34-39-56-77-104(75-54-37-32-27-22-19-16-13-10-7-2)76-55-38-33-28-23-20-17-14-11-8-3)84-114-102-101(113-82-89-63-50-43-51-64-89)100(112-81-88-61-48-42-49-62-88)99(111-80-87-59-46-41-47-60-87)96(115-102)85-108-78-86-57-44-40-45-58-86/h40-51,57-64,67-74,94-96,98-102H,6-39,52-56,65-66,75-85H2,1-5H3,(H,103,105)/t94-,95+,96+,98-,99-,100-,101+,102-/m0/s1. The van der Waals surface area contributed by atoms with Gasteiger partial charge >= 0.3 is 0 Å². The molecular weight excluding hydrogens is 1430 g/mol. The highest BCUT2D eigenvalue weighted by atomic mass is 16.7. The Morgan fingerprint density at radius 2 is 0.696 bits per heavy atom. The predicted molar refractivity (Wildman–Crippen MR) is 474 cm³/mol. The minimum Gasteiger partial charge on any atom is -0.497 e. The van der Waals surface area contributed by atoms with Crippen LogP contribution in [0.25, 0.3) is 0 Å². The van der Waals surface area contributed by atoms with Gasteiger partial charge in [0, 0.05) is 6.42 Å². The first kappa shape index (κ1) is 96.2. The summed E-state index contributed by atoms with van der Waals surface area (Å²) in [5.74, 6) is 1.49. The first-order valence-corrected chi connectivity index (χ1v) is 46.2. The summed E-state index contributed by atoms with van der Waals surface area (Å²) in [6.07, 6.45) is 46.0. The van der Waals surface area contributed by atoms with Crippen LogP contribution in [0, 0.1) is 0 Å². The molecule has 1 saturated heterocycles. The Morgan fingerprint density at radius 1 is 0.357 bits per heavy atom. The number of carbonyl (C=O) groups excluding carboxylic acids is 1. The molecule has 0 spiro atoms. The van der Waals surface area contributed by atoms with Gasteiger partial charge in [-0.15, -0.1) is 0 Å². The van der Waals surface area contributed by atoms with Crippen LogP contribution in [0.1, 0.15) is 317 Å². The fourth-order valence-corrected chi connectivity index (χ4v) is 15.9. The smallest absolute Gasteiger partial charge is 0.220 e. The molecule has 0 unspecified atom stereocenters. The van der Waals surface area contributed by atoms with E-state index in [-0.39, 0.29) is 38.9 Å². The maximum atomic E-state index is 15.2. The molecule has 1 aliphatic rings. The lowest BCUT2D eigenvalue weighted by atomic mass is 9.97. The van der Waals surface area contributed by atoms with E-state index in [1.807, 2.05) is 109 Å². The van der Waals surface area contributed by atoms with E-state index in [1.54, 1.807) is 14.2 Å². The number of amides is 1. The van der Waals surface area contributed by atoms with Gasteiger partial charge < -0.3 is 57.6 Å². The van der Waals surface area contributed by atoms with E-state index in [0.717, 1.165) is 83.4 Å². The highest BCUT2D eigenvalue weighted by Crippen LogP contribution is 2.34. The summed E-state index contributed by atoms with van der Waals surface area (Å²) >= 11 is 0. The highest BCUT2D eigenvalue weighted by molar-refractivity contribution is 5.76. The lowest BCUT2D eigenvalue weighted by Gasteiger charge is -2.46. The third-order valence-electron chi connectivity index (χ3n) is 23.0. The monoisotopic (exact) mass is 1590 g/mol. The van der Waals surface area contributed by atoms with Crippen molar-refractivity contribution in [1.82, 2.24) is 10.2 Å².